The summed E-state index contributed by atoms with van der Waals surface area (Å²) in [6.45, 7) is 5.50. The lowest BCUT2D eigenvalue weighted by Gasteiger charge is -2.08. The van der Waals surface area contributed by atoms with Crippen LogP contribution in [0.3, 0.4) is 0 Å². The Morgan fingerprint density at radius 3 is 2.64 bits per heavy atom. The van der Waals surface area contributed by atoms with Crippen molar-refractivity contribution in [3.63, 3.8) is 0 Å². The second-order valence-electron chi connectivity index (χ2n) is 3.14. The van der Waals surface area contributed by atoms with Gasteiger partial charge in [0.05, 0.1) is 17.4 Å². The zero-order valence-electron chi connectivity index (χ0n) is 8.33. The minimum absolute atomic E-state index is 0.361. The predicted octanol–water partition coefficient (Wildman–Crippen LogP) is 1.51. The van der Waals surface area contributed by atoms with E-state index in [1.165, 1.54) is 12.4 Å². The van der Waals surface area contributed by atoms with Gasteiger partial charge in [-0.3, -0.25) is 0 Å². The number of nitrogens with zero attached hydrogens (tertiary/aromatic N) is 2. The molecule has 4 nitrogen and oxygen atoms in total. The van der Waals surface area contributed by atoms with Crippen molar-refractivity contribution in [3.05, 3.63) is 17.4 Å². The van der Waals surface area contributed by atoms with Gasteiger partial charge in [0, 0.05) is 12.6 Å². The molecule has 5 heteroatoms. The predicted molar refractivity (Wildman–Crippen MR) is 55.7 cm³/mol. The average molecular weight is 216 g/mol. The fraction of sp³-hybridized carbons (Fsp3) is 0.556. The summed E-state index contributed by atoms with van der Waals surface area (Å²) in [4.78, 5) is 7.80. The lowest BCUT2D eigenvalue weighted by atomic mass is 10.4. The maximum absolute atomic E-state index is 5.62. The molecule has 78 valence electrons. The molecule has 0 aliphatic heterocycles. The van der Waals surface area contributed by atoms with E-state index in [-0.39, 0.29) is 0 Å². The van der Waals surface area contributed by atoms with Crippen molar-refractivity contribution in [1.29, 1.82) is 0 Å². The number of rotatable bonds is 5. The monoisotopic (exact) mass is 215 g/mol. The quantitative estimate of drug-likeness (QED) is 0.757. The van der Waals surface area contributed by atoms with Gasteiger partial charge in [-0.1, -0.05) is 25.4 Å². The molecule has 0 amide bonds. The van der Waals surface area contributed by atoms with Gasteiger partial charge >= 0.3 is 6.01 Å². The van der Waals surface area contributed by atoms with Gasteiger partial charge < -0.3 is 10.1 Å². The zero-order valence-corrected chi connectivity index (χ0v) is 9.08. The molecule has 0 spiro atoms. The van der Waals surface area contributed by atoms with Crippen molar-refractivity contribution in [2.24, 2.45) is 0 Å². The van der Waals surface area contributed by atoms with Gasteiger partial charge in [-0.25, -0.2) is 9.97 Å². The molecule has 0 radical (unpaired) electrons. The first-order chi connectivity index (χ1) is 6.68. The molecule has 0 fully saturated rings. The Bertz CT molecular complexity index is 263. The molecule has 0 atom stereocenters. The first-order valence-electron chi connectivity index (χ1n) is 4.52. The number of hydrogen-bond acceptors (Lipinski definition) is 4. The fourth-order valence-electron chi connectivity index (χ4n) is 0.865. The van der Waals surface area contributed by atoms with Crippen molar-refractivity contribution in [3.8, 4) is 6.01 Å². The summed E-state index contributed by atoms with van der Waals surface area (Å²) in [7, 11) is 0. The van der Waals surface area contributed by atoms with E-state index in [2.05, 4.69) is 29.1 Å². The SMILES string of the molecule is CC(C)NCCOc1ncc(Cl)cn1. The molecule has 0 bridgehead atoms. The van der Waals surface area contributed by atoms with Crippen molar-refractivity contribution in [2.45, 2.75) is 19.9 Å². The van der Waals surface area contributed by atoms with Gasteiger partial charge in [0.25, 0.3) is 0 Å². The second kappa shape index (κ2) is 5.78. The summed E-state index contributed by atoms with van der Waals surface area (Å²) in [6.07, 6.45) is 3.03. The highest BCUT2D eigenvalue weighted by Crippen LogP contribution is 2.06. The zero-order chi connectivity index (χ0) is 10.4. The molecule has 0 saturated heterocycles. The molecule has 1 heterocycles. The third-order valence-corrected chi connectivity index (χ3v) is 1.68. The molecule has 0 aromatic carbocycles. The smallest absolute Gasteiger partial charge is 0.316 e. The molecule has 1 aromatic heterocycles. The summed E-state index contributed by atoms with van der Waals surface area (Å²) in [5, 5.41) is 3.73. The van der Waals surface area contributed by atoms with Gasteiger partial charge in [0.2, 0.25) is 0 Å². The van der Waals surface area contributed by atoms with Crippen molar-refractivity contribution < 1.29 is 4.74 Å². The lowest BCUT2D eigenvalue weighted by Crippen LogP contribution is -2.27. The van der Waals surface area contributed by atoms with Crippen LogP contribution in [0.15, 0.2) is 12.4 Å². The van der Waals surface area contributed by atoms with Gasteiger partial charge in [-0.05, 0) is 0 Å². The topological polar surface area (TPSA) is 47.0 Å². The van der Waals surface area contributed by atoms with Crippen LogP contribution in [0.5, 0.6) is 6.01 Å². The molecular formula is C9H14ClN3O. The molecule has 1 rings (SSSR count). The second-order valence-corrected chi connectivity index (χ2v) is 3.58. The number of aromatic nitrogens is 2. The number of halogens is 1. The van der Waals surface area contributed by atoms with Crippen LogP contribution in [0.2, 0.25) is 5.02 Å². The molecule has 14 heavy (non-hydrogen) atoms. The number of hydrogen-bond donors (Lipinski definition) is 1. The van der Waals surface area contributed by atoms with Gasteiger partial charge in [0.1, 0.15) is 6.61 Å². The largest absolute Gasteiger partial charge is 0.462 e. The van der Waals surface area contributed by atoms with Gasteiger partial charge in [-0.15, -0.1) is 0 Å². The average Bonchev–Trinajstić information content (AvgIpc) is 2.15. The van der Waals surface area contributed by atoms with Gasteiger partial charge in [-0.2, -0.15) is 0 Å². The first kappa shape index (κ1) is 11.2. The summed E-state index contributed by atoms with van der Waals surface area (Å²) < 4.78 is 5.27. The highest BCUT2D eigenvalue weighted by molar-refractivity contribution is 6.30. The summed E-state index contributed by atoms with van der Waals surface area (Å²) in [5.74, 6) is 0. The highest BCUT2D eigenvalue weighted by Gasteiger charge is 1.97. The van der Waals surface area contributed by atoms with Crippen LogP contribution in [0, 0.1) is 0 Å². The van der Waals surface area contributed by atoms with E-state index in [0.717, 1.165) is 6.54 Å². The van der Waals surface area contributed by atoms with Crippen LogP contribution in [0.1, 0.15) is 13.8 Å². The number of nitrogens with one attached hydrogen (secondary N) is 1. The van der Waals surface area contributed by atoms with Gasteiger partial charge in [0.15, 0.2) is 0 Å². The van der Waals surface area contributed by atoms with Crippen molar-refractivity contribution in [2.75, 3.05) is 13.2 Å². The summed E-state index contributed by atoms with van der Waals surface area (Å²) in [6, 6.07) is 0.824. The van der Waals surface area contributed by atoms with E-state index in [9.17, 15) is 0 Å². The third kappa shape index (κ3) is 4.39. The Balaban J connectivity index is 2.21. The number of ether oxygens (including phenoxy) is 1. The van der Waals surface area contributed by atoms with E-state index in [1.807, 2.05) is 0 Å². The van der Waals surface area contributed by atoms with E-state index in [4.69, 9.17) is 16.3 Å². The van der Waals surface area contributed by atoms with E-state index < -0.39 is 0 Å². The Labute approximate surface area is 88.7 Å². The first-order valence-corrected chi connectivity index (χ1v) is 4.90. The molecule has 1 aromatic rings. The third-order valence-electron chi connectivity index (χ3n) is 1.48. The minimum Gasteiger partial charge on any atom is -0.462 e. The van der Waals surface area contributed by atoms with Crippen molar-refractivity contribution >= 4 is 11.6 Å². The standard InChI is InChI=1S/C9H14ClN3O/c1-7(2)11-3-4-14-9-12-5-8(10)6-13-9/h5-7,11H,3-4H2,1-2H3. The van der Waals surface area contributed by atoms with E-state index in [0.29, 0.717) is 23.7 Å². The molecule has 0 saturated carbocycles. The molecule has 0 aliphatic carbocycles. The normalized spacial score (nSPS) is 10.6. The minimum atomic E-state index is 0.361. The van der Waals surface area contributed by atoms with Crippen LogP contribution in [-0.4, -0.2) is 29.2 Å². The Morgan fingerprint density at radius 1 is 1.43 bits per heavy atom. The summed E-state index contributed by atoms with van der Waals surface area (Å²) in [5.41, 5.74) is 0. The lowest BCUT2D eigenvalue weighted by molar-refractivity contribution is 0.286. The summed E-state index contributed by atoms with van der Waals surface area (Å²) >= 11 is 5.62. The highest BCUT2D eigenvalue weighted by atomic mass is 35.5. The van der Waals surface area contributed by atoms with E-state index in [1.54, 1.807) is 0 Å². The Hall–Kier alpha value is -0.870. The van der Waals surface area contributed by atoms with Crippen LogP contribution in [-0.2, 0) is 0 Å². The van der Waals surface area contributed by atoms with Crippen LogP contribution in [0.25, 0.3) is 0 Å². The van der Waals surface area contributed by atoms with E-state index >= 15 is 0 Å². The maximum atomic E-state index is 5.62. The van der Waals surface area contributed by atoms with Crippen LogP contribution in [0.4, 0.5) is 0 Å². The maximum Gasteiger partial charge on any atom is 0.316 e. The van der Waals surface area contributed by atoms with Crippen LogP contribution < -0.4 is 10.1 Å². The Morgan fingerprint density at radius 2 is 2.07 bits per heavy atom. The van der Waals surface area contributed by atoms with Crippen molar-refractivity contribution in [1.82, 2.24) is 15.3 Å². The molecule has 0 unspecified atom stereocenters. The molecular weight excluding hydrogens is 202 g/mol. The fourth-order valence-corrected chi connectivity index (χ4v) is 0.962. The Kier molecular flexibility index (Phi) is 4.62. The molecule has 1 N–H and O–H groups in total. The van der Waals surface area contributed by atoms with Crippen LogP contribution >= 0.6 is 11.6 Å². The molecule has 0 aliphatic rings.